The molecule has 0 aliphatic heterocycles. The van der Waals surface area contributed by atoms with Gasteiger partial charge in [0, 0.05) is 11.0 Å². The van der Waals surface area contributed by atoms with Crippen molar-refractivity contribution in [1.29, 1.82) is 0 Å². The molecule has 0 amide bonds. The molecule has 0 saturated heterocycles. The van der Waals surface area contributed by atoms with E-state index >= 15 is 0 Å². The van der Waals surface area contributed by atoms with Gasteiger partial charge >= 0.3 is 0 Å². The molecule has 1 aromatic heterocycles. The maximum atomic E-state index is 9.98. The molecule has 0 aromatic carbocycles. The molecule has 90 valence electrons. The van der Waals surface area contributed by atoms with Gasteiger partial charge < -0.3 is 9.52 Å². The average molecular weight is 305 g/mol. The van der Waals surface area contributed by atoms with Crippen LogP contribution in [-0.4, -0.2) is 16.1 Å². The van der Waals surface area contributed by atoms with Crippen molar-refractivity contribution in [2.45, 2.75) is 43.5 Å². The molecular formula is C12H17BrO2S. The smallest absolute Gasteiger partial charge is 0.147 e. The van der Waals surface area contributed by atoms with Gasteiger partial charge in [-0.25, -0.2) is 0 Å². The fourth-order valence-corrected chi connectivity index (χ4v) is 3.82. The molecule has 0 bridgehead atoms. The molecule has 1 unspecified atom stereocenters. The summed E-state index contributed by atoms with van der Waals surface area (Å²) in [4.78, 5) is 0. The van der Waals surface area contributed by atoms with E-state index in [1.54, 1.807) is 6.26 Å². The molecule has 0 spiro atoms. The van der Waals surface area contributed by atoms with Gasteiger partial charge in [0.25, 0.3) is 0 Å². The SMILES string of the molecule is OC(CSC1CCCCC1)c1occc1Br. The van der Waals surface area contributed by atoms with Crippen molar-refractivity contribution in [2.75, 3.05) is 5.75 Å². The standard InChI is InChI=1S/C12H17BrO2S/c13-10-6-7-15-12(10)11(14)8-16-9-4-2-1-3-5-9/h6-7,9,11,14H,1-5,8H2. The highest BCUT2D eigenvalue weighted by Crippen LogP contribution is 2.32. The summed E-state index contributed by atoms with van der Waals surface area (Å²) in [6.07, 6.45) is 7.79. The molecule has 1 fully saturated rings. The van der Waals surface area contributed by atoms with Crippen molar-refractivity contribution in [1.82, 2.24) is 0 Å². The number of furan rings is 1. The van der Waals surface area contributed by atoms with Crippen LogP contribution < -0.4 is 0 Å². The van der Waals surface area contributed by atoms with Crippen LogP contribution in [0.15, 0.2) is 21.2 Å². The first kappa shape index (κ1) is 12.5. The van der Waals surface area contributed by atoms with Crippen molar-refractivity contribution in [3.05, 3.63) is 22.6 Å². The minimum atomic E-state index is -0.490. The van der Waals surface area contributed by atoms with E-state index in [1.165, 1.54) is 32.1 Å². The number of aliphatic hydroxyl groups is 1. The third-order valence-corrected chi connectivity index (χ3v) is 5.10. The van der Waals surface area contributed by atoms with E-state index in [0.717, 1.165) is 15.5 Å². The van der Waals surface area contributed by atoms with Gasteiger partial charge in [0.05, 0.1) is 10.7 Å². The molecule has 16 heavy (non-hydrogen) atoms. The Morgan fingerprint density at radius 1 is 1.44 bits per heavy atom. The molecule has 4 heteroatoms. The second-order valence-corrected chi connectivity index (χ2v) is 6.43. The van der Waals surface area contributed by atoms with Crippen LogP contribution in [0.1, 0.15) is 44.0 Å². The van der Waals surface area contributed by atoms with E-state index in [2.05, 4.69) is 15.9 Å². The lowest BCUT2D eigenvalue weighted by atomic mass is 10.0. The van der Waals surface area contributed by atoms with Crippen LogP contribution in [0, 0.1) is 0 Å². The molecule has 1 N–H and O–H groups in total. The van der Waals surface area contributed by atoms with Gasteiger partial charge in [-0.05, 0) is 34.8 Å². The van der Waals surface area contributed by atoms with Crippen LogP contribution in [0.3, 0.4) is 0 Å². The molecule has 1 aliphatic rings. The molecule has 0 radical (unpaired) electrons. The Balaban J connectivity index is 1.79. The predicted octanol–water partition coefficient (Wildman–Crippen LogP) is 4.14. The zero-order chi connectivity index (χ0) is 11.4. The van der Waals surface area contributed by atoms with Crippen molar-refractivity contribution in [3.8, 4) is 0 Å². The van der Waals surface area contributed by atoms with Crippen molar-refractivity contribution >= 4 is 27.7 Å². The lowest BCUT2D eigenvalue weighted by molar-refractivity contribution is 0.172. The third-order valence-electron chi connectivity index (χ3n) is 2.99. The molecule has 2 rings (SSSR count). The van der Waals surface area contributed by atoms with Gasteiger partial charge in [0.1, 0.15) is 11.9 Å². The zero-order valence-corrected chi connectivity index (χ0v) is 11.6. The maximum absolute atomic E-state index is 9.98. The molecule has 1 aliphatic carbocycles. The van der Waals surface area contributed by atoms with Crippen LogP contribution in [0.4, 0.5) is 0 Å². The number of thioether (sulfide) groups is 1. The van der Waals surface area contributed by atoms with E-state index in [4.69, 9.17) is 4.42 Å². The van der Waals surface area contributed by atoms with Gasteiger partial charge in [-0.1, -0.05) is 19.3 Å². The fraction of sp³-hybridized carbons (Fsp3) is 0.667. The first-order valence-electron chi connectivity index (χ1n) is 5.80. The molecule has 1 heterocycles. The highest BCUT2D eigenvalue weighted by molar-refractivity contribution is 9.10. The maximum Gasteiger partial charge on any atom is 0.147 e. The van der Waals surface area contributed by atoms with E-state index in [1.807, 2.05) is 17.8 Å². The third kappa shape index (κ3) is 3.28. The molecule has 1 atom stereocenters. The number of rotatable bonds is 4. The largest absolute Gasteiger partial charge is 0.465 e. The lowest BCUT2D eigenvalue weighted by Gasteiger charge is -2.21. The highest BCUT2D eigenvalue weighted by Gasteiger charge is 2.19. The van der Waals surface area contributed by atoms with Crippen LogP contribution in [-0.2, 0) is 0 Å². The van der Waals surface area contributed by atoms with Gasteiger partial charge in [0.15, 0.2) is 0 Å². The number of halogens is 1. The zero-order valence-electron chi connectivity index (χ0n) is 9.19. The Bertz CT molecular complexity index is 321. The highest BCUT2D eigenvalue weighted by atomic mass is 79.9. The Morgan fingerprint density at radius 2 is 2.19 bits per heavy atom. The van der Waals surface area contributed by atoms with Crippen LogP contribution in [0.25, 0.3) is 0 Å². The first-order valence-corrected chi connectivity index (χ1v) is 7.64. The van der Waals surface area contributed by atoms with Gasteiger partial charge in [-0.3, -0.25) is 0 Å². The van der Waals surface area contributed by atoms with Crippen molar-refractivity contribution in [3.63, 3.8) is 0 Å². The molecule has 1 saturated carbocycles. The van der Waals surface area contributed by atoms with E-state index in [9.17, 15) is 5.11 Å². The second-order valence-electron chi connectivity index (χ2n) is 4.24. The fourth-order valence-electron chi connectivity index (χ4n) is 2.08. The summed E-state index contributed by atoms with van der Waals surface area (Å²) in [6.45, 7) is 0. The summed E-state index contributed by atoms with van der Waals surface area (Å²) in [6, 6.07) is 1.82. The molecular weight excluding hydrogens is 288 g/mol. The summed E-state index contributed by atoms with van der Waals surface area (Å²) in [7, 11) is 0. The Labute approximate surface area is 109 Å². The first-order chi connectivity index (χ1) is 7.77. The van der Waals surface area contributed by atoms with Crippen molar-refractivity contribution in [2.24, 2.45) is 0 Å². The quantitative estimate of drug-likeness (QED) is 0.907. The van der Waals surface area contributed by atoms with Crippen LogP contribution in [0.2, 0.25) is 0 Å². The second kappa shape index (κ2) is 6.12. The Morgan fingerprint density at radius 3 is 2.81 bits per heavy atom. The predicted molar refractivity (Wildman–Crippen MR) is 70.7 cm³/mol. The summed E-state index contributed by atoms with van der Waals surface area (Å²) in [5, 5.41) is 10.7. The van der Waals surface area contributed by atoms with Gasteiger partial charge in [0.2, 0.25) is 0 Å². The Hall–Kier alpha value is 0.0700. The number of hydrogen-bond acceptors (Lipinski definition) is 3. The summed E-state index contributed by atoms with van der Waals surface area (Å²) < 4.78 is 6.12. The summed E-state index contributed by atoms with van der Waals surface area (Å²) >= 11 is 5.25. The van der Waals surface area contributed by atoms with Crippen LogP contribution in [0.5, 0.6) is 0 Å². The molecule has 2 nitrogen and oxygen atoms in total. The van der Waals surface area contributed by atoms with Gasteiger partial charge in [-0.2, -0.15) is 11.8 Å². The minimum absolute atomic E-state index is 0.490. The van der Waals surface area contributed by atoms with E-state index in [0.29, 0.717) is 5.76 Å². The lowest BCUT2D eigenvalue weighted by Crippen LogP contribution is -2.11. The topological polar surface area (TPSA) is 33.4 Å². The Kier molecular flexibility index (Phi) is 4.79. The van der Waals surface area contributed by atoms with Crippen LogP contribution >= 0.6 is 27.7 Å². The van der Waals surface area contributed by atoms with E-state index < -0.39 is 6.10 Å². The van der Waals surface area contributed by atoms with Gasteiger partial charge in [-0.15, -0.1) is 0 Å². The summed E-state index contributed by atoms with van der Waals surface area (Å²) in [5.41, 5.74) is 0. The number of hydrogen-bond donors (Lipinski definition) is 1. The molecule has 1 aromatic rings. The average Bonchev–Trinajstić information content (AvgIpc) is 2.74. The minimum Gasteiger partial charge on any atom is -0.465 e. The monoisotopic (exact) mass is 304 g/mol. The number of aliphatic hydroxyl groups excluding tert-OH is 1. The van der Waals surface area contributed by atoms with Crippen molar-refractivity contribution < 1.29 is 9.52 Å². The normalized spacial score (nSPS) is 19.9. The summed E-state index contributed by atoms with van der Waals surface area (Å²) in [5.74, 6) is 1.39. The van der Waals surface area contributed by atoms with E-state index in [-0.39, 0.29) is 0 Å².